The minimum atomic E-state index is -0.0413. The summed E-state index contributed by atoms with van der Waals surface area (Å²) in [6, 6.07) is 0. The molecule has 0 heterocycles. The molecule has 0 saturated carbocycles. The fraction of sp³-hybridized carbons (Fsp3) is 0.625. The first-order valence-corrected chi connectivity index (χ1v) is 3.79. The van der Waals surface area contributed by atoms with Gasteiger partial charge in [-0.15, -0.1) is 0 Å². The molecule has 0 spiro atoms. The molecule has 0 aromatic carbocycles. The first-order valence-electron chi connectivity index (χ1n) is 3.79. The average Bonchev–Trinajstić information content (AvgIpc) is 1.96. The summed E-state index contributed by atoms with van der Waals surface area (Å²) in [6.45, 7) is 3.20. The first kappa shape index (κ1) is 10.1. The molecule has 0 bridgehead atoms. The second-order valence-corrected chi connectivity index (χ2v) is 2.36. The predicted octanol–water partition coefficient (Wildman–Crippen LogP) is 1.04. The van der Waals surface area contributed by atoms with Gasteiger partial charge in [-0.05, 0) is 12.8 Å². The smallest absolute Gasteiger partial charge is 0.217 e. The third-order valence-electron chi connectivity index (χ3n) is 1.23. The Balaban J connectivity index is 2.90. The van der Waals surface area contributed by atoms with Crippen LogP contribution in [0, 0.1) is 6.54 Å². The molecule has 3 nitrogen and oxygen atoms in total. The van der Waals surface area contributed by atoms with Crippen LogP contribution in [0.4, 0.5) is 0 Å². The molecule has 0 aliphatic rings. The molecule has 0 aromatic heterocycles. The molecular formula is C8H14NO2. The maximum atomic E-state index is 10.3. The Hall–Kier alpha value is -0.860. The highest BCUT2D eigenvalue weighted by Crippen LogP contribution is 1.98. The predicted molar refractivity (Wildman–Crippen MR) is 42.6 cm³/mol. The normalized spacial score (nSPS) is 9.18. The van der Waals surface area contributed by atoms with Crippen LogP contribution in [-0.4, -0.2) is 12.2 Å². The van der Waals surface area contributed by atoms with E-state index in [1.54, 1.807) is 6.54 Å². The van der Waals surface area contributed by atoms with Crippen LogP contribution in [0.5, 0.6) is 0 Å². The van der Waals surface area contributed by atoms with Crippen LogP contribution in [-0.2, 0) is 9.59 Å². The Kier molecular flexibility index (Phi) is 6.68. The zero-order valence-corrected chi connectivity index (χ0v) is 6.80. The molecule has 3 heteroatoms. The highest BCUT2D eigenvalue weighted by molar-refractivity contribution is 5.73. The summed E-state index contributed by atoms with van der Waals surface area (Å²) in [7, 11) is 0. The van der Waals surface area contributed by atoms with E-state index in [1.165, 1.54) is 6.92 Å². The van der Waals surface area contributed by atoms with Crippen LogP contribution in [0.25, 0.3) is 0 Å². The largest absolute Gasteiger partial charge is 0.352 e. The summed E-state index contributed by atoms with van der Waals surface area (Å²) in [5.74, 6) is -0.0413. The van der Waals surface area contributed by atoms with Crippen LogP contribution in [0.1, 0.15) is 32.6 Å². The summed E-state index contributed by atoms with van der Waals surface area (Å²) in [5, 5.41) is 2.57. The second-order valence-electron chi connectivity index (χ2n) is 2.36. The van der Waals surface area contributed by atoms with E-state index in [-0.39, 0.29) is 5.91 Å². The lowest BCUT2D eigenvalue weighted by Crippen LogP contribution is -2.15. The monoisotopic (exact) mass is 156 g/mol. The highest BCUT2D eigenvalue weighted by atomic mass is 16.1. The molecule has 0 fully saturated rings. The van der Waals surface area contributed by atoms with Crippen LogP contribution >= 0.6 is 0 Å². The summed E-state index contributed by atoms with van der Waals surface area (Å²) >= 11 is 0. The fourth-order valence-corrected chi connectivity index (χ4v) is 0.690. The zero-order valence-electron chi connectivity index (χ0n) is 6.80. The lowest BCUT2D eigenvalue weighted by Gasteiger charge is -1.98. The lowest BCUT2D eigenvalue weighted by atomic mass is 10.2. The van der Waals surface area contributed by atoms with Gasteiger partial charge < -0.3 is 10.1 Å². The van der Waals surface area contributed by atoms with Crippen molar-refractivity contribution in [3.63, 3.8) is 0 Å². The minimum absolute atomic E-state index is 0.0413. The van der Waals surface area contributed by atoms with Gasteiger partial charge in [-0.3, -0.25) is 4.79 Å². The Morgan fingerprint density at radius 1 is 1.36 bits per heavy atom. The van der Waals surface area contributed by atoms with Gasteiger partial charge in [0.15, 0.2) is 0 Å². The van der Waals surface area contributed by atoms with Crippen molar-refractivity contribution in [2.75, 3.05) is 0 Å². The van der Waals surface area contributed by atoms with Crippen LogP contribution in [0.3, 0.4) is 0 Å². The first-order chi connectivity index (χ1) is 5.27. The molecule has 0 rings (SSSR count). The molecule has 0 unspecified atom stereocenters. The van der Waals surface area contributed by atoms with Gasteiger partial charge in [0.05, 0.1) is 0 Å². The molecule has 1 amide bonds. The van der Waals surface area contributed by atoms with E-state index in [4.69, 9.17) is 0 Å². The number of nitrogens with one attached hydrogen (secondary N) is 1. The summed E-state index contributed by atoms with van der Waals surface area (Å²) in [4.78, 5) is 20.2. The quantitative estimate of drug-likeness (QED) is 0.461. The van der Waals surface area contributed by atoms with Gasteiger partial charge in [-0.2, -0.15) is 0 Å². The van der Waals surface area contributed by atoms with E-state index in [2.05, 4.69) is 5.32 Å². The molecule has 1 N–H and O–H groups in total. The topological polar surface area (TPSA) is 46.2 Å². The fourth-order valence-electron chi connectivity index (χ4n) is 0.690. The van der Waals surface area contributed by atoms with Crippen molar-refractivity contribution in [3.05, 3.63) is 6.54 Å². The minimum Gasteiger partial charge on any atom is -0.352 e. The second kappa shape index (κ2) is 7.25. The average molecular weight is 156 g/mol. The van der Waals surface area contributed by atoms with Crippen molar-refractivity contribution in [1.82, 2.24) is 5.32 Å². The SMILES string of the molecule is CC(=O)N[CH]CCCCC=O. The molecule has 0 aliphatic heterocycles. The molecule has 0 aromatic rings. The molecule has 11 heavy (non-hydrogen) atoms. The lowest BCUT2D eigenvalue weighted by molar-refractivity contribution is -0.118. The van der Waals surface area contributed by atoms with Crippen molar-refractivity contribution in [3.8, 4) is 0 Å². The van der Waals surface area contributed by atoms with Gasteiger partial charge >= 0.3 is 0 Å². The third kappa shape index (κ3) is 9.14. The van der Waals surface area contributed by atoms with E-state index < -0.39 is 0 Å². The maximum Gasteiger partial charge on any atom is 0.217 e. The van der Waals surface area contributed by atoms with E-state index >= 15 is 0 Å². The molecule has 1 radical (unpaired) electrons. The zero-order chi connectivity index (χ0) is 8.53. The number of carbonyl (C=O) groups excluding carboxylic acids is 2. The van der Waals surface area contributed by atoms with Crippen LogP contribution in [0.15, 0.2) is 0 Å². The van der Waals surface area contributed by atoms with E-state index in [0.29, 0.717) is 6.42 Å². The Morgan fingerprint density at radius 2 is 2.00 bits per heavy atom. The molecule has 0 saturated heterocycles. The van der Waals surface area contributed by atoms with Gasteiger partial charge in [0.2, 0.25) is 5.91 Å². The van der Waals surface area contributed by atoms with E-state index in [0.717, 1.165) is 25.5 Å². The maximum absolute atomic E-state index is 10.3. The number of unbranched alkanes of at least 4 members (excludes halogenated alkanes) is 3. The summed E-state index contributed by atoms with van der Waals surface area (Å²) < 4.78 is 0. The van der Waals surface area contributed by atoms with Gasteiger partial charge in [-0.25, -0.2) is 0 Å². The number of hydrogen-bond donors (Lipinski definition) is 1. The Morgan fingerprint density at radius 3 is 2.55 bits per heavy atom. The number of aldehydes is 1. The van der Waals surface area contributed by atoms with Crippen molar-refractivity contribution in [2.45, 2.75) is 32.6 Å². The van der Waals surface area contributed by atoms with Crippen molar-refractivity contribution < 1.29 is 9.59 Å². The van der Waals surface area contributed by atoms with Gasteiger partial charge in [0, 0.05) is 19.9 Å². The number of carbonyl (C=O) groups is 2. The van der Waals surface area contributed by atoms with Crippen molar-refractivity contribution in [2.24, 2.45) is 0 Å². The van der Waals surface area contributed by atoms with E-state index in [9.17, 15) is 9.59 Å². The van der Waals surface area contributed by atoms with Gasteiger partial charge in [0.1, 0.15) is 6.29 Å². The van der Waals surface area contributed by atoms with Crippen molar-refractivity contribution in [1.29, 1.82) is 0 Å². The number of hydrogen-bond acceptors (Lipinski definition) is 2. The third-order valence-corrected chi connectivity index (χ3v) is 1.23. The summed E-state index contributed by atoms with van der Waals surface area (Å²) in [5.41, 5.74) is 0. The summed E-state index contributed by atoms with van der Waals surface area (Å²) in [6.07, 6.45) is 4.23. The van der Waals surface area contributed by atoms with E-state index in [1.807, 2.05) is 0 Å². The van der Waals surface area contributed by atoms with Crippen molar-refractivity contribution >= 4 is 12.2 Å². The van der Waals surface area contributed by atoms with Crippen LogP contribution in [0.2, 0.25) is 0 Å². The van der Waals surface area contributed by atoms with Crippen LogP contribution < -0.4 is 5.32 Å². The molecule has 63 valence electrons. The molecule has 0 aliphatic carbocycles. The van der Waals surface area contributed by atoms with Gasteiger partial charge in [0.25, 0.3) is 0 Å². The number of amides is 1. The van der Waals surface area contributed by atoms with Gasteiger partial charge in [-0.1, -0.05) is 6.42 Å². The highest BCUT2D eigenvalue weighted by Gasteiger charge is 1.91. The standard InChI is InChI=1S/C8H14NO2/c1-8(11)9-6-4-2-3-5-7-10/h6-7H,2-5H2,1H3,(H,9,11). The molecular weight excluding hydrogens is 142 g/mol. The Labute approximate surface area is 67.2 Å². The molecule has 0 atom stereocenters. The number of rotatable bonds is 6. The Bertz CT molecular complexity index is 123.